The largest absolute Gasteiger partial charge is 0.480 e. The molecule has 5 rings (SSSR count). The Kier molecular flexibility index (Phi) is 5.71. The monoisotopic (exact) mass is 467 g/mol. The molecule has 1 atom stereocenters. The molecule has 164 valence electrons. The summed E-state index contributed by atoms with van der Waals surface area (Å²) in [7, 11) is 0. The Labute approximate surface area is 192 Å². The van der Waals surface area contributed by atoms with Crippen molar-refractivity contribution >= 4 is 45.9 Å². The zero-order valence-corrected chi connectivity index (χ0v) is 18.7. The number of amides is 1. The first-order chi connectivity index (χ1) is 15.6. The molecule has 0 aliphatic heterocycles. The van der Waals surface area contributed by atoms with Crippen molar-refractivity contribution in [3.8, 4) is 10.7 Å². The molecule has 1 fully saturated rings. The number of aromatic nitrogens is 4. The van der Waals surface area contributed by atoms with E-state index in [-0.39, 0.29) is 18.1 Å². The number of thiophene rings is 1. The molecule has 1 aliphatic carbocycles. The number of carbonyl (C=O) groups is 2. The highest BCUT2D eigenvalue weighted by Gasteiger charge is 2.31. The van der Waals surface area contributed by atoms with Crippen LogP contribution in [0.25, 0.3) is 21.6 Å². The lowest BCUT2D eigenvalue weighted by Gasteiger charge is -2.14. The van der Waals surface area contributed by atoms with Gasteiger partial charge < -0.3 is 15.4 Å². The number of fused-ring (bicyclic) bond motifs is 1. The molecule has 10 heteroatoms. The predicted molar refractivity (Wildman–Crippen MR) is 124 cm³/mol. The lowest BCUT2D eigenvalue weighted by Crippen LogP contribution is -2.43. The summed E-state index contributed by atoms with van der Waals surface area (Å²) >= 11 is 2.90. The highest BCUT2D eigenvalue weighted by atomic mass is 32.2. The second-order valence-corrected chi connectivity index (χ2v) is 9.59. The second kappa shape index (κ2) is 8.79. The third-order valence-electron chi connectivity index (χ3n) is 5.38. The normalized spacial score (nSPS) is 14.5. The van der Waals surface area contributed by atoms with Gasteiger partial charge in [-0.1, -0.05) is 36.0 Å². The van der Waals surface area contributed by atoms with Gasteiger partial charge in [-0.3, -0.25) is 9.36 Å². The number of carboxylic acid groups (broad SMARTS) is 1. The van der Waals surface area contributed by atoms with Crippen molar-refractivity contribution in [2.24, 2.45) is 0 Å². The summed E-state index contributed by atoms with van der Waals surface area (Å²) in [6, 6.07) is 11.0. The first kappa shape index (κ1) is 20.8. The van der Waals surface area contributed by atoms with Crippen molar-refractivity contribution in [2.75, 3.05) is 5.75 Å². The van der Waals surface area contributed by atoms with E-state index in [1.165, 1.54) is 11.8 Å². The highest BCUT2D eigenvalue weighted by molar-refractivity contribution is 7.99. The van der Waals surface area contributed by atoms with Crippen LogP contribution in [0.4, 0.5) is 0 Å². The predicted octanol–water partition coefficient (Wildman–Crippen LogP) is 3.73. The standard InChI is InChI=1S/C22H21N5O3S2/c28-19(24-17(21(29)30)10-13-11-23-16-5-2-1-4-15(13)16)12-32-22-26-25-20(18-6-3-9-31-18)27(22)14-7-8-14/h1-6,9,11,14,17,23H,7-8,10,12H2,(H,24,28)(H,29,30). The average Bonchev–Trinajstić information content (AvgIpc) is 3.18. The van der Waals surface area contributed by atoms with Gasteiger partial charge in [-0.2, -0.15) is 0 Å². The van der Waals surface area contributed by atoms with Gasteiger partial charge in [-0.25, -0.2) is 4.79 Å². The molecule has 1 aromatic carbocycles. The zero-order valence-electron chi connectivity index (χ0n) is 17.0. The van der Waals surface area contributed by atoms with Crippen LogP contribution in [-0.4, -0.2) is 48.5 Å². The molecule has 1 amide bonds. The van der Waals surface area contributed by atoms with Crippen LogP contribution in [-0.2, 0) is 16.0 Å². The molecule has 8 nitrogen and oxygen atoms in total. The van der Waals surface area contributed by atoms with E-state index >= 15 is 0 Å². The number of aliphatic carboxylic acids is 1. The van der Waals surface area contributed by atoms with Gasteiger partial charge in [0.25, 0.3) is 0 Å². The third kappa shape index (κ3) is 4.28. The molecule has 0 saturated heterocycles. The van der Waals surface area contributed by atoms with Crippen LogP contribution in [0.1, 0.15) is 24.4 Å². The Bertz CT molecular complexity index is 1260. The molecule has 3 aromatic heterocycles. The number of nitrogens with one attached hydrogen (secondary N) is 2. The number of aromatic amines is 1. The summed E-state index contributed by atoms with van der Waals surface area (Å²) in [4.78, 5) is 28.6. The summed E-state index contributed by atoms with van der Waals surface area (Å²) < 4.78 is 2.10. The Morgan fingerprint density at radius 3 is 2.84 bits per heavy atom. The maximum atomic E-state index is 12.6. The van der Waals surface area contributed by atoms with Gasteiger partial charge in [0.15, 0.2) is 11.0 Å². The second-order valence-electron chi connectivity index (χ2n) is 7.70. The van der Waals surface area contributed by atoms with Crippen molar-refractivity contribution in [1.29, 1.82) is 0 Å². The van der Waals surface area contributed by atoms with Crippen molar-refractivity contribution < 1.29 is 14.7 Å². The summed E-state index contributed by atoms with van der Waals surface area (Å²) in [5.41, 5.74) is 1.80. The molecular formula is C22H21N5O3S2. The Morgan fingerprint density at radius 1 is 1.25 bits per heavy atom. The lowest BCUT2D eigenvalue weighted by atomic mass is 10.1. The number of benzene rings is 1. The summed E-state index contributed by atoms with van der Waals surface area (Å²) in [5, 5.41) is 24.6. The van der Waals surface area contributed by atoms with Gasteiger partial charge in [0, 0.05) is 29.6 Å². The van der Waals surface area contributed by atoms with Gasteiger partial charge in [-0.15, -0.1) is 21.5 Å². The van der Waals surface area contributed by atoms with Crippen molar-refractivity contribution in [2.45, 2.75) is 36.5 Å². The fourth-order valence-corrected chi connectivity index (χ4v) is 5.22. The van der Waals surface area contributed by atoms with Gasteiger partial charge in [0.2, 0.25) is 5.91 Å². The molecular weight excluding hydrogens is 446 g/mol. The maximum Gasteiger partial charge on any atom is 0.326 e. The number of carbonyl (C=O) groups excluding carboxylic acids is 1. The van der Waals surface area contributed by atoms with E-state index in [4.69, 9.17) is 0 Å². The van der Waals surface area contributed by atoms with Gasteiger partial charge in [-0.05, 0) is 35.9 Å². The van der Waals surface area contributed by atoms with E-state index in [1.54, 1.807) is 17.5 Å². The zero-order chi connectivity index (χ0) is 22.1. The summed E-state index contributed by atoms with van der Waals surface area (Å²) in [6.07, 6.45) is 4.14. The highest BCUT2D eigenvalue weighted by Crippen LogP contribution is 2.41. The number of thioether (sulfide) groups is 1. The van der Waals surface area contributed by atoms with Crippen LogP contribution in [0.5, 0.6) is 0 Å². The third-order valence-corrected chi connectivity index (χ3v) is 7.19. The molecule has 32 heavy (non-hydrogen) atoms. The van der Waals surface area contributed by atoms with Crippen LogP contribution in [0.2, 0.25) is 0 Å². The van der Waals surface area contributed by atoms with E-state index in [1.807, 2.05) is 41.8 Å². The number of H-pyrrole nitrogens is 1. The quantitative estimate of drug-likeness (QED) is 0.323. The number of hydrogen-bond donors (Lipinski definition) is 3. The van der Waals surface area contributed by atoms with Crippen LogP contribution in [0.3, 0.4) is 0 Å². The Balaban J connectivity index is 1.25. The SMILES string of the molecule is O=C(CSc1nnc(-c2cccs2)n1C1CC1)NC(Cc1c[nH]c2ccccc12)C(=O)O. The van der Waals surface area contributed by atoms with Crippen molar-refractivity contribution in [3.05, 3.63) is 53.5 Å². The van der Waals surface area contributed by atoms with E-state index in [0.29, 0.717) is 11.2 Å². The molecule has 0 spiro atoms. The first-order valence-corrected chi connectivity index (χ1v) is 12.2. The fraction of sp³-hybridized carbons (Fsp3) is 0.273. The topological polar surface area (TPSA) is 113 Å². The van der Waals surface area contributed by atoms with E-state index in [9.17, 15) is 14.7 Å². The first-order valence-electron chi connectivity index (χ1n) is 10.3. The smallest absolute Gasteiger partial charge is 0.326 e. The molecule has 1 saturated carbocycles. The minimum Gasteiger partial charge on any atom is -0.480 e. The Morgan fingerprint density at radius 2 is 2.09 bits per heavy atom. The Hall–Kier alpha value is -3.11. The average molecular weight is 468 g/mol. The van der Waals surface area contributed by atoms with Crippen LogP contribution in [0.15, 0.2) is 53.1 Å². The van der Waals surface area contributed by atoms with Gasteiger partial charge in [0.1, 0.15) is 6.04 Å². The maximum absolute atomic E-state index is 12.6. The fourth-order valence-electron chi connectivity index (χ4n) is 3.70. The van der Waals surface area contributed by atoms with E-state index in [0.717, 1.165) is 40.0 Å². The van der Waals surface area contributed by atoms with E-state index in [2.05, 4.69) is 25.1 Å². The molecule has 3 heterocycles. The van der Waals surface area contributed by atoms with Crippen molar-refractivity contribution in [3.63, 3.8) is 0 Å². The molecule has 1 unspecified atom stereocenters. The summed E-state index contributed by atoms with van der Waals surface area (Å²) in [5.74, 6) is -0.499. The van der Waals surface area contributed by atoms with Crippen molar-refractivity contribution in [1.82, 2.24) is 25.1 Å². The summed E-state index contributed by atoms with van der Waals surface area (Å²) in [6.45, 7) is 0. The number of rotatable bonds is 9. The minimum atomic E-state index is -1.06. The number of hydrogen-bond acceptors (Lipinski definition) is 6. The van der Waals surface area contributed by atoms with Crippen LogP contribution in [0, 0.1) is 0 Å². The molecule has 4 aromatic rings. The van der Waals surface area contributed by atoms with Gasteiger partial charge >= 0.3 is 5.97 Å². The number of para-hydroxylation sites is 1. The minimum absolute atomic E-state index is 0.0763. The lowest BCUT2D eigenvalue weighted by molar-refractivity contribution is -0.141. The van der Waals surface area contributed by atoms with Crippen LogP contribution < -0.4 is 5.32 Å². The molecule has 0 bridgehead atoms. The number of nitrogens with zero attached hydrogens (tertiary/aromatic N) is 3. The van der Waals surface area contributed by atoms with Gasteiger partial charge in [0.05, 0.1) is 10.6 Å². The van der Waals surface area contributed by atoms with Crippen LogP contribution >= 0.6 is 23.1 Å². The molecule has 3 N–H and O–H groups in total. The molecule has 0 radical (unpaired) electrons. The van der Waals surface area contributed by atoms with E-state index < -0.39 is 12.0 Å². The number of carboxylic acids is 1. The molecule has 1 aliphatic rings.